The van der Waals surface area contributed by atoms with Crippen LogP contribution in [0.5, 0.6) is 0 Å². The highest BCUT2D eigenvalue weighted by molar-refractivity contribution is 5.91. The summed E-state index contributed by atoms with van der Waals surface area (Å²) in [6.45, 7) is 5.71. The molecule has 0 spiro atoms. The lowest BCUT2D eigenvalue weighted by Gasteiger charge is -2.26. The van der Waals surface area contributed by atoms with E-state index in [1.165, 1.54) is 17.3 Å². The molecule has 0 aliphatic carbocycles. The Hall–Kier alpha value is -2.11. The Morgan fingerprint density at radius 1 is 1.53 bits per heavy atom. The molecule has 0 radical (unpaired) electrons. The number of hydrogen-bond donors (Lipinski definition) is 2. The van der Waals surface area contributed by atoms with Gasteiger partial charge < -0.3 is 15.0 Å². The fourth-order valence-electron chi connectivity index (χ4n) is 1.80. The average Bonchev–Trinajstić information content (AvgIpc) is 2.80. The number of carbonyl (C=O) groups is 2. The van der Waals surface area contributed by atoms with Crippen molar-refractivity contribution < 1.29 is 14.7 Å². The second kappa shape index (κ2) is 6.72. The van der Waals surface area contributed by atoms with E-state index in [1.54, 1.807) is 27.0 Å². The molecule has 1 rings (SSSR count). The molecule has 0 aliphatic rings. The van der Waals surface area contributed by atoms with Crippen LogP contribution in [-0.4, -0.2) is 44.4 Å². The summed E-state index contributed by atoms with van der Waals surface area (Å²) in [5.74, 6) is -1.30. The van der Waals surface area contributed by atoms with Gasteiger partial charge in [-0.15, -0.1) is 0 Å². The van der Waals surface area contributed by atoms with Gasteiger partial charge in [-0.1, -0.05) is 5.57 Å². The number of carboxylic acid groups (broad SMARTS) is 1. The Bertz CT molecular complexity index is 461. The van der Waals surface area contributed by atoms with Gasteiger partial charge >= 0.3 is 5.97 Å². The molecule has 19 heavy (non-hydrogen) atoms. The van der Waals surface area contributed by atoms with Crippen LogP contribution in [0, 0.1) is 0 Å². The van der Waals surface area contributed by atoms with Crippen LogP contribution in [0.2, 0.25) is 0 Å². The van der Waals surface area contributed by atoms with Crippen molar-refractivity contribution >= 4 is 11.9 Å². The van der Waals surface area contributed by atoms with E-state index >= 15 is 0 Å². The Labute approximate surface area is 112 Å². The summed E-state index contributed by atoms with van der Waals surface area (Å²) in [6.07, 6.45) is 4.72. The van der Waals surface area contributed by atoms with Gasteiger partial charge in [0, 0.05) is 30.9 Å². The topological polar surface area (TPSA) is 86.3 Å². The first-order chi connectivity index (χ1) is 8.95. The quantitative estimate of drug-likeness (QED) is 0.757. The third-order valence-corrected chi connectivity index (χ3v) is 2.67. The monoisotopic (exact) mass is 265 g/mol. The number of allylic oxidation sites excluding steroid dienone is 1. The van der Waals surface area contributed by atoms with Gasteiger partial charge in [0.2, 0.25) is 5.91 Å². The predicted molar refractivity (Wildman–Crippen MR) is 70.5 cm³/mol. The highest BCUT2D eigenvalue weighted by Gasteiger charge is 2.28. The van der Waals surface area contributed by atoms with Crippen LogP contribution in [0.3, 0.4) is 0 Å². The number of rotatable bonds is 6. The summed E-state index contributed by atoms with van der Waals surface area (Å²) in [7, 11) is 0. The summed E-state index contributed by atoms with van der Waals surface area (Å²) in [4.78, 5) is 31.4. The molecular weight excluding hydrogens is 246 g/mol. The number of nitrogens with zero attached hydrogens (tertiary/aromatic N) is 2. The van der Waals surface area contributed by atoms with Crippen molar-refractivity contribution in [3.63, 3.8) is 0 Å². The smallest absolute Gasteiger partial charge is 0.326 e. The molecule has 0 saturated heterocycles. The Morgan fingerprint density at radius 3 is 2.63 bits per heavy atom. The van der Waals surface area contributed by atoms with Crippen LogP contribution in [0.4, 0.5) is 0 Å². The van der Waals surface area contributed by atoms with E-state index in [1.807, 2.05) is 0 Å². The number of nitrogens with one attached hydrogen (secondary N) is 1. The van der Waals surface area contributed by atoms with Crippen molar-refractivity contribution in [1.82, 2.24) is 14.9 Å². The molecule has 1 aromatic heterocycles. The maximum absolute atomic E-state index is 12.0. The highest BCUT2D eigenvalue weighted by Crippen LogP contribution is 2.09. The van der Waals surface area contributed by atoms with Crippen LogP contribution < -0.4 is 0 Å². The first kappa shape index (κ1) is 14.9. The van der Waals surface area contributed by atoms with Crippen molar-refractivity contribution in [2.75, 3.05) is 6.54 Å². The number of likely N-dealkylation sites (N-methyl/N-ethyl adjacent to an activating group) is 1. The van der Waals surface area contributed by atoms with Crippen molar-refractivity contribution in [3.05, 3.63) is 29.9 Å². The molecule has 1 amide bonds. The van der Waals surface area contributed by atoms with Crippen molar-refractivity contribution in [1.29, 1.82) is 0 Å². The predicted octanol–water partition coefficient (Wildman–Crippen LogP) is 1.22. The van der Waals surface area contributed by atoms with Gasteiger partial charge in [0.05, 0.1) is 6.33 Å². The van der Waals surface area contributed by atoms with E-state index in [-0.39, 0.29) is 12.3 Å². The SMILES string of the molecule is CCN(C(=O)C=C(C)C)[C@@H](Cc1cnc[nH]1)C(=O)O. The zero-order valence-electron chi connectivity index (χ0n) is 11.4. The van der Waals surface area contributed by atoms with Gasteiger partial charge in [0.25, 0.3) is 0 Å². The molecule has 6 heteroatoms. The number of aromatic nitrogens is 2. The molecule has 1 atom stereocenters. The molecule has 0 unspecified atom stereocenters. The fourth-order valence-corrected chi connectivity index (χ4v) is 1.80. The van der Waals surface area contributed by atoms with E-state index in [4.69, 9.17) is 0 Å². The van der Waals surface area contributed by atoms with Gasteiger partial charge in [0.15, 0.2) is 0 Å². The second-order valence-electron chi connectivity index (χ2n) is 4.48. The minimum atomic E-state index is -1.02. The Morgan fingerprint density at radius 2 is 2.21 bits per heavy atom. The van der Waals surface area contributed by atoms with E-state index in [0.717, 1.165) is 5.57 Å². The first-order valence-corrected chi connectivity index (χ1v) is 6.11. The maximum Gasteiger partial charge on any atom is 0.326 e. The zero-order valence-corrected chi connectivity index (χ0v) is 11.4. The van der Waals surface area contributed by atoms with Gasteiger partial charge in [-0.25, -0.2) is 9.78 Å². The molecule has 1 aromatic rings. The lowest BCUT2D eigenvalue weighted by atomic mass is 10.1. The number of aliphatic carboxylic acids is 1. The molecule has 0 fully saturated rings. The number of amides is 1. The van der Waals surface area contributed by atoms with Crippen LogP contribution >= 0.6 is 0 Å². The van der Waals surface area contributed by atoms with Crippen molar-refractivity contribution in [2.24, 2.45) is 0 Å². The molecule has 1 heterocycles. The minimum absolute atomic E-state index is 0.214. The van der Waals surface area contributed by atoms with Gasteiger partial charge in [-0.3, -0.25) is 4.79 Å². The van der Waals surface area contributed by atoms with Gasteiger partial charge in [0.1, 0.15) is 6.04 Å². The van der Waals surface area contributed by atoms with Crippen molar-refractivity contribution in [3.8, 4) is 0 Å². The lowest BCUT2D eigenvalue weighted by Crippen LogP contribution is -2.45. The highest BCUT2D eigenvalue weighted by atomic mass is 16.4. The standard InChI is InChI=1S/C13H19N3O3/c1-4-16(12(17)5-9(2)3)11(13(18)19)6-10-7-14-8-15-10/h5,7-8,11H,4,6H2,1-3H3,(H,14,15)(H,18,19)/t11-/m0/s1. The zero-order chi connectivity index (χ0) is 14.4. The molecule has 104 valence electrons. The van der Waals surface area contributed by atoms with Crippen LogP contribution in [0.1, 0.15) is 26.5 Å². The maximum atomic E-state index is 12.0. The van der Waals surface area contributed by atoms with Crippen molar-refractivity contribution in [2.45, 2.75) is 33.2 Å². The summed E-state index contributed by atoms with van der Waals surface area (Å²) in [5, 5.41) is 9.31. The molecule has 0 saturated carbocycles. The number of carbonyl (C=O) groups excluding carboxylic acids is 1. The third-order valence-electron chi connectivity index (χ3n) is 2.67. The van der Waals surface area contributed by atoms with E-state index in [9.17, 15) is 14.7 Å². The lowest BCUT2D eigenvalue weighted by molar-refractivity contribution is -0.148. The summed E-state index contributed by atoms with van der Waals surface area (Å²) in [5.41, 5.74) is 1.53. The minimum Gasteiger partial charge on any atom is -0.480 e. The molecular formula is C13H19N3O3. The average molecular weight is 265 g/mol. The van der Waals surface area contributed by atoms with E-state index in [0.29, 0.717) is 12.2 Å². The summed E-state index contributed by atoms with van der Waals surface area (Å²) >= 11 is 0. The third kappa shape index (κ3) is 4.24. The van der Waals surface area contributed by atoms with E-state index < -0.39 is 12.0 Å². The normalized spacial score (nSPS) is 11.7. The van der Waals surface area contributed by atoms with Crippen LogP contribution in [0.25, 0.3) is 0 Å². The summed E-state index contributed by atoms with van der Waals surface area (Å²) < 4.78 is 0. The number of aromatic amines is 1. The first-order valence-electron chi connectivity index (χ1n) is 6.11. The Kier molecular flexibility index (Phi) is 5.29. The molecule has 0 aliphatic heterocycles. The summed E-state index contributed by atoms with van der Waals surface area (Å²) in [6, 6.07) is -0.895. The number of H-pyrrole nitrogens is 1. The van der Waals surface area contributed by atoms with Gasteiger partial charge in [-0.05, 0) is 20.8 Å². The molecule has 0 aromatic carbocycles. The number of hydrogen-bond acceptors (Lipinski definition) is 3. The fraction of sp³-hybridized carbons (Fsp3) is 0.462. The van der Waals surface area contributed by atoms with Crippen LogP contribution in [-0.2, 0) is 16.0 Å². The molecule has 6 nitrogen and oxygen atoms in total. The molecule has 2 N–H and O–H groups in total. The van der Waals surface area contributed by atoms with Gasteiger partial charge in [-0.2, -0.15) is 0 Å². The largest absolute Gasteiger partial charge is 0.480 e. The Balaban J connectivity index is 2.92. The second-order valence-corrected chi connectivity index (χ2v) is 4.48. The van der Waals surface area contributed by atoms with E-state index in [2.05, 4.69) is 9.97 Å². The number of carboxylic acids is 1. The molecule has 0 bridgehead atoms. The number of imidazole rings is 1. The van der Waals surface area contributed by atoms with Crippen LogP contribution in [0.15, 0.2) is 24.2 Å².